The van der Waals surface area contributed by atoms with Crippen LogP contribution in [-0.4, -0.2) is 58.7 Å². The molecule has 0 bridgehead atoms. The van der Waals surface area contributed by atoms with E-state index in [0.29, 0.717) is 5.69 Å². The van der Waals surface area contributed by atoms with E-state index in [1.807, 2.05) is 0 Å². The van der Waals surface area contributed by atoms with Crippen molar-refractivity contribution < 1.29 is 37.9 Å². The first-order valence-electron chi connectivity index (χ1n) is 9.63. The molecular weight excluding hydrogens is 442 g/mol. The van der Waals surface area contributed by atoms with Gasteiger partial charge in [0.15, 0.2) is 28.9 Å². The van der Waals surface area contributed by atoms with E-state index in [2.05, 4.69) is 20.3 Å². The lowest BCUT2D eigenvalue weighted by Crippen LogP contribution is -2.21. The van der Waals surface area contributed by atoms with E-state index in [1.54, 1.807) is 12.1 Å². The van der Waals surface area contributed by atoms with Crippen molar-refractivity contribution in [3.8, 4) is 23.1 Å². The topological polar surface area (TPSA) is 128 Å². The molecule has 0 aliphatic heterocycles. The van der Waals surface area contributed by atoms with Gasteiger partial charge in [-0.3, -0.25) is 0 Å². The van der Waals surface area contributed by atoms with Gasteiger partial charge in [0.25, 0.3) is 0 Å². The van der Waals surface area contributed by atoms with Crippen molar-refractivity contribution in [1.29, 1.82) is 0 Å². The summed E-state index contributed by atoms with van der Waals surface area (Å²) < 4.78 is 49.3. The number of halogens is 2. The van der Waals surface area contributed by atoms with Gasteiger partial charge in [0, 0.05) is 12.1 Å². The van der Waals surface area contributed by atoms with Gasteiger partial charge >= 0.3 is 0 Å². The van der Waals surface area contributed by atoms with Gasteiger partial charge in [0.05, 0.1) is 50.7 Å². The number of ether oxygens (including phenoxy) is 4. The molecule has 0 amide bonds. The minimum atomic E-state index is -0.988. The molecule has 0 fully saturated rings. The Hall–Kier alpha value is -3.77. The Kier molecular flexibility index (Phi) is 8.11. The number of aromatic nitrogens is 3. The van der Waals surface area contributed by atoms with E-state index in [9.17, 15) is 13.9 Å². The molecule has 3 rings (SSSR count). The second kappa shape index (κ2) is 11.2. The van der Waals surface area contributed by atoms with Gasteiger partial charge in [-0.05, 0) is 6.07 Å². The molecule has 10 nitrogen and oxygen atoms in total. The fraction of sp³-hybridized carbons (Fsp3) is 0.286. The number of hydrogen-bond donors (Lipinski definition) is 3. The van der Waals surface area contributed by atoms with E-state index < -0.39 is 31.0 Å². The third-order valence-electron chi connectivity index (χ3n) is 4.30. The summed E-state index contributed by atoms with van der Waals surface area (Å²) in [4.78, 5) is 12.2. The van der Waals surface area contributed by atoms with Gasteiger partial charge in [-0.1, -0.05) is 0 Å². The van der Waals surface area contributed by atoms with Crippen LogP contribution in [0.3, 0.4) is 0 Å². The van der Waals surface area contributed by atoms with Gasteiger partial charge in [-0.25, -0.2) is 23.7 Å². The summed E-state index contributed by atoms with van der Waals surface area (Å²) >= 11 is 0. The minimum absolute atomic E-state index is 0.0861. The highest BCUT2D eigenvalue weighted by Crippen LogP contribution is 2.32. The zero-order valence-electron chi connectivity index (χ0n) is 17.8. The van der Waals surface area contributed by atoms with E-state index in [4.69, 9.17) is 24.1 Å². The molecule has 0 aliphatic rings. The molecular formula is C21H22F2N4O6. The van der Waals surface area contributed by atoms with Gasteiger partial charge in [0.1, 0.15) is 19.3 Å². The minimum Gasteiger partial charge on any atom is -0.494 e. The summed E-state index contributed by atoms with van der Waals surface area (Å²) in [5, 5.41) is 21.0. The van der Waals surface area contributed by atoms with Gasteiger partial charge in [-0.15, -0.1) is 0 Å². The SMILES string of the molecule is COc1cc(OC)c(F)c(COc2cnc(Nc3ccc(OC[C@H](O)CO)nc3)nc2)c1F. The first-order valence-corrected chi connectivity index (χ1v) is 9.63. The van der Waals surface area contributed by atoms with Crippen molar-refractivity contribution in [1.82, 2.24) is 15.0 Å². The molecule has 0 unspecified atom stereocenters. The van der Waals surface area contributed by atoms with E-state index in [0.717, 1.165) is 6.07 Å². The fourth-order valence-electron chi connectivity index (χ4n) is 2.58. The predicted molar refractivity (Wildman–Crippen MR) is 112 cm³/mol. The molecule has 0 saturated carbocycles. The second-order valence-electron chi connectivity index (χ2n) is 6.58. The summed E-state index contributed by atoms with van der Waals surface area (Å²) in [5.41, 5.74) is 0.208. The van der Waals surface area contributed by atoms with Crippen molar-refractivity contribution in [2.75, 3.05) is 32.8 Å². The monoisotopic (exact) mass is 464 g/mol. The first kappa shape index (κ1) is 23.9. The van der Waals surface area contributed by atoms with Crippen LogP contribution in [0.2, 0.25) is 0 Å². The zero-order valence-corrected chi connectivity index (χ0v) is 17.8. The lowest BCUT2D eigenvalue weighted by molar-refractivity contribution is 0.0521. The van der Waals surface area contributed by atoms with Crippen LogP contribution in [0.5, 0.6) is 23.1 Å². The number of methoxy groups -OCH3 is 2. The third-order valence-corrected chi connectivity index (χ3v) is 4.30. The third kappa shape index (κ3) is 6.14. The van der Waals surface area contributed by atoms with Crippen LogP contribution in [-0.2, 0) is 6.61 Å². The Morgan fingerprint density at radius 1 is 0.970 bits per heavy atom. The molecule has 0 saturated heterocycles. The summed E-state index contributed by atoms with van der Waals surface area (Å²) in [7, 11) is 2.52. The largest absolute Gasteiger partial charge is 0.494 e. The number of hydrogen-bond acceptors (Lipinski definition) is 10. The maximum Gasteiger partial charge on any atom is 0.227 e. The van der Waals surface area contributed by atoms with E-state index >= 15 is 0 Å². The molecule has 1 aromatic carbocycles. The standard InChI is InChI=1S/C21H22F2N4O6/c1-30-16-5-17(31-2)20(23)15(19(16)22)11-32-14-7-25-21(26-8-14)27-12-3-4-18(24-6-12)33-10-13(29)9-28/h3-8,13,28-29H,9-11H2,1-2H3,(H,25,26,27)/t13-/m1/s1. The second-order valence-corrected chi connectivity index (χ2v) is 6.58. The highest BCUT2D eigenvalue weighted by Gasteiger charge is 2.20. The summed E-state index contributed by atoms with van der Waals surface area (Å²) in [6.45, 7) is -0.927. The highest BCUT2D eigenvalue weighted by atomic mass is 19.1. The lowest BCUT2D eigenvalue weighted by atomic mass is 10.1. The smallest absolute Gasteiger partial charge is 0.227 e. The Morgan fingerprint density at radius 3 is 2.18 bits per heavy atom. The number of aliphatic hydroxyl groups is 2. The maximum atomic E-state index is 14.4. The molecule has 0 radical (unpaired) electrons. The molecule has 0 aliphatic carbocycles. The molecule has 2 aromatic heterocycles. The molecule has 176 valence electrons. The molecule has 33 heavy (non-hydrogen) atoms. The predicted octanol–water partition coefficient (Wildman–Crippen LogP) is 2.22. The van der Waals surface area contributed by atoms with Crippen LogP contribution in [0.25, 0.3) is 0 Å². The van der Waals surface area contributed by atoms with Crippen molar-refractivity contribution in [3.05, 3.63) is 54.0 Å². The van der Waals surface area contributed by atoms with Gasteiger partial charge in [0.2, 0.25) is 11.8 Å². The fourth-order valence-corrected chi connectivity index (χ4v) is 2.58. The Labute approximate surface area is 187 Å². The molecule has 3 N–H and O–H groups in total. The molecule has 0 spiro atoms. The normalized spacial score (nSPS) is 11.6. The number of rotatable bonds is 11. The van der Waals surface area contributed by atoms with Crippen LogP contribution >= 0.6 is 0 Å². The number of anilines is 2. The number of benzene rings is 1. The lowest BCUT2D eigenvalue weighted by Gasteiger charge is -2.13. The maximum absolute atomic E-state index is 14.4. The molecule has 3 aromatic rings. The number of pyridine rings is 1. The Bertz CT molecular complexity index is 1030. The zero-order chi connectivity index (χ0) is 23.8. The first-order chi connectivity index (χ1) is 15.9. The quantitative estimate of drug-likeness (QED) is 0.389. The van der Waals surface area contributed by atoms with E-state index in [-0.39, 0.29) is 41.2 Å². The number of aliphatic hydroxyl groups excluding tert-OH is 2. The summed E-state index contributed by atoms with van der Waals surface area (Å²) in [5.74, 6) is -1.43. The summed E-state index contributed by atoms with van der Waals surface area (Å²) in [6, 6.07) is 4.34. The Morgan fingerprint density at radius 2 is 1.64 bits per heavy atom. The molecule has 2 heterocycles. The van der Waals surface area contributed by atoms with Crippen LogP contribution in [0.15, 0.2) is 36.8 Å². The van der Waals surface area contributed by atoms with Crippen molar-refractivity contribution >= 4 is 11.6 Å². The van der Waals surface area contributed by atoms with Crippen molar-refractivity contribution in [2.45, 2.75) is 12.7 Å². The van der Waals surface area contributed by atoms with Gasteiger partial charge < -0.3 is 34.5 Å². The average Bonchev–Trinajstić information content (AvgIpc) is 2.84. The molecule has 12 heteroatoms. The number of nitrogens with one attached hydrogen (secondary N) is 1. The van der Waals surface area contributed by atoms with Crippen molar-refractivity contribution in [2.24, 2.45) is 0 Å². The highest BCUT2D eigenvalue weighted by molar-refractivity contribution is 5.52. The number of nitrogens with zero attached hydrogens (tertiary/aromatic N) is 3. The van der Waals surface area contributed by atoms with Crippen LogP contribution in [0, 0.1) is 11.6 Å². The Balaban J connectivity index is 1.60. The van der Waals surface area contributed by atoms with Crippen molar-refractivity contribution in [3.63, 3.8) is 0 Å². The van der Waals surface area contributed by atoms with Crippen LogP contribution in [0.1, 0.15) is 5.56 Å². The average molecular weight is 464 g/mol. The van der Waals surface area contributed by atoms with Crippen LogP contribution in [0.4, 0.5) is 20.4 Å². The van der Waals surface area contributed by atoms with E-state index in [1.165, 1.54) is 32.8 Å². The summed E-state index contributed by atoms with van der Waals surface area (Å²) in [6.07, 6.45) is 3.15. The molecule has 1 atom stereocenters. The van der Waals surface area contributed by atoms with Crippen LogP contribution < -0.4 is 24.3 Å². The van der Waals surface area contributed by atoms with Gasteiger partial charge in [-0.2, -0.15) is 0 Å².